The third-order valence-corrected chi connectivity index (χ3v) is 8.92. The molecule has 0 saturated carbocycles. The Labute approximate surface area is 262 Å². The van der Waals surface area contributed by atoms with E-state index in [0.717, 1.165) is 45.6 Å². The van der Waals surface area contributed by atoms with Crippen LogP contribution >= 0.6 is 11.8 Å². The van der Waals surface area contributed by atoms with Crippen molar-refractivity contribution in [3.63, 3.8) is 0 Å². The van der Waals surface area contributed by atoms with E-state index in [4.69, 9.17) is 9.47 Å². The smallest absolute Gasteiger partial charge is 0.251 e. The summed E-state index contributed by atoms with van der Waals surface area (Å²) in [7, 11) is 0. The van der Waals surface area contributed by atoms with Crippen molar-refractivity contribution < 1.29 is 19.4 Å². The van der Waals surface area contributed by atoms with Gasteiger partial charge in [0.05, 0.1) is 18.8 Å². The quantitative estimate of drug-likeness (QED) is 0.158. The van der Waals surface area contributed by atoms with E-state index < -0.39 is 6.29 Å². The summed E-state index contributed by atoms with van der Waals surface area (Å²) >= 11 is 1.79. The molecule has 2 N–H and O–H groups in total. The minimum atomic E-state index is -0.512. The first-order chi connectivity index (χ1) is 21.7. The van der Waals surface area contributed by atoms with Crippen LogP contribution in [-0.2, 0) is 22.6 Å². The Balaban J connectivity index is 1.19. The van der Waals surface area contributed by atoms with Crippen LogP contribution < -0.4 is 5.32 Å². The molecule has 1 amide bonds. The number of hydrogen-bond acceptors (Lipinski definition) is 5. The fourth-order valence-electron chi connectivity index (χ4n) is 5.37. The Bertz CT molecular complexity index is 1640. The van der Waals surface area contributed by atoms with Crippen LogP contribution in [0.25, 0.3) is 11.1 Å². The molecule has 0 radical (unpaired) electrons. The van der Waals surface area contributed by atoms with Crippen LogP contribution in [-0.4, -0.2) is 22.9 Å². The van der Waals surface area contributed by atoms with E-state index in [2.05, 4.69) is 59.9 Å². The first-order valence-corrected chi connectivity index (χ1v) is 15.8. The molecule has 3 atom stereocenters. The molecule has 5 aromatic carbocycles. The molecule has 0 spiro atoms. The molecular formula is C38H35NO4S. The zero-order valence-electron chi connectivity index (χ0n) is 24.3. The van der Waals surface area contributed by atoms with Gasteiger partial charge in [-0.2, -0.15) is 0 Å². The van der Waals surface area contributed by atoms with Crippen molar-refractivity contribution in [1.82, 2.24) is 5.32 Å². The molecule has 222 valence electrons. The Hall–Kier alpha value is -4.20. The molecule has 1 saturated heterocycles. The lowest BCUT2D eigenvalue weighted by Crippen LogP contribution is -2.31. The number of benzene rings is 5. The topological polar surface area (TPSA) is 67.8 Å². The summed E-state index contributed by atoms with van der Waals surface area (Å²) in [5.41, 5.74) is 6.72. The summed E-state index contributed by atoms with van der Waals surface area (Å²) in [6, 6.07) is 44.1. The second-order valence-electron chi connectivity index (χ2n) is 10.8. The Morgan fingerprint density at radius 1 is 0.750 bits per heavy atom. The van der Waals surface area contributed by atoms with Gasteiger partial charge in [0, 0.05) is 34.7 Å². The second-order valence-corrected chi connectivity index (χ2v) is 11.9. The van der Waals surface area contributed by atoms with Crippen LogP contribution in [0.15, 0.2) is 138 Å². The van der Waals surface area contributed by atoms with Gasteiger partial charge in [-0.15, -0.1) is 11.8 Å². The maximum Gasteiger partial charge on any atom is 0.251 e. The molecule has 44 heavy (non-hydrogen) atoms. The lowest BCUT2D eigenvalue weighted by atomic mass is 9.97. The molecule has 1 heterocycles. The third kappa shape index (κ3) is 7.47. The SMILES string of the molecule is O=C(NCc1ccccc1-c1ccc([C@@H]2O[C@H](CSc3ccccc3)C[C@H](c3ccc(CO)cc3)O2)cc1)c1ccccc1. The van der Waals surface area contributed by atoms with Crippen molar-refractivity contribution in [2.75, 3.05) is 5.75 Å². The van der Waals surface area contributed by atoms with Crippen molar-refractivity contribution in [2.45, 2.75) is 43.0 Å². The Morgan fingerprint density at radius 3 is 2.14 bits per heavy atom. The molecule has 5 nitrogen and oxygen atoms in total. The van der Waals surface area contributed by atoms with Crippen molar-refractivity contribution in [1.29, 1.82) is 0 Å². The molecule has 1 aliphatic heterocycles. The number of amides is 1. The number of aliphatic hydroxyl groups is 1. The van der Waals surface area contributed by atoms with Crippen LogP contribution in [0.3, 0.4) is 0 Å². The molecule has 0 aromatic heterocycles. The summed E-state index contributed by atoms with van der Waals surface area (Å²) in [4.78, 5) is 13.9. The largest absolute Gasteiger partial charge is 0.392 e. The summed E-state index contributed by atoms with van der Waals surface area (Å²) in [5.74, 6) is 0.720. The van der Waals surface area contributed by atoms with E-state index in [1.165, 1.54) is 4.90 Å². The van der Waals surface area contributed by atoms with Crippen LogP contribution in [0.4, 0.5) is 0 Å². The highest BCUT2D eigenvalue weighted by Gasteiger charge is 2.32. The molecule has 0 aliphatic carbocycles. The van der Waals surface area contributed by atoms with E-state index in [-0.39, 0.29) is 24.7 Å². The summed E-state index contributed by atoms with van der Waals surface area (Å²) < 4.78 is 13.1. The van der Waals surface area contributed by atoms with Gasteiger partial charge in [0.1, 0.15) is 0 Å². The molecule has 6 heteroatoms. The fourth-order valence-corrected chi connectivity index (χ4v) is 6.31. The first kappa shape index (κ1) is 29.9. The predicted molar refractivity (Wildman–Crippen MR) is 175 cm³/mol. The molecule has 6 rings (SSSR count). The van der Waals surface area contributed by atoms with Crippen molar-refractivity contribution in [3.05, 3.63) is 161 Å². The third-order valence-electron chi connectivity index (χ3n) is 7.78. The second kappa shape index (κ2) is 14.5. The number of rotatable bonds is 10. The van der Waals surface area contributed by atoms with Gasteiger partial charge in [0.2, 0.25) is 0 Å². The normalized spacial score (nSPS) is 18.1. The summed E-state index contributed by atoms with van der Waals surface area (Å²) in [6.45, 7) is 0.445. The first-order valence-electron chi connectivity index (χ1n) is 14.9. The van der Waals surface area contributed by atoms with Crippen LogP contribution in [0, 0.1) is 0 Å². The number of aliphatic hydroxyl groups excluding tert-OH is 1. The average molecular weight is 602 g/mol. The van der Waals surface area contributed by atoms with Crippen molar-refractivity contribution >= 4 is 17.7 Å². The highest BCUT2D eigenvalue weighted by Crippen LogP contribution is 2.40. The van der Waals surface area contributed by atoms with E-state index >= 15 is 0 Å². The van der Waals surface area contributed by atoms with Gasteiger partial charge in [-0.05, 0) is 52.1 Å². The van der Waals surface area contributed by atoms with Gasteiger partial charge < -0.3 is 19.9 Å². The van der Waals surface area contributed by atoms with Gasteiger partial charge in [-0.25, -0.2) is 0 Å². The lowest BCUT2D eigenvalue weighted by molar-refractivity contribution is -0.245. The van der Waals surface area contributed by atoms with Gasteiger partial charge in [0.15, 0.2) is 6.29 Å². The van der Waals surface area contributed by atoms with Crippen LogP contribution in [0.5, 0.6) is 0 Å². The van der Waals surface area contributed by atoms with E-state index in [9.17, 15) is 9.90 Å². The van der Waals surface area contributed by atoms with Crippen molar-refractivity contribution in [3.8, 4) is 11.1 Å². The number of thioether (sulfide) groups is 1. The lowest BCUT2D eigenvalue weighted by Gasteiger charge is -2.36. The Morgan fingerprint density at radius 2 is 1.41 bits per heavy atom. The predicted octanol–water partition coefficient (Wildman–Crippen LogP) is 8.11. The highest BCUT2D eigenvalue weighted by molar-refractivity contribution is 7.99. The maximum atomic E-state index is 12.6. The standard InChI is InChI=1S/C38H35NO4S/c40-25-27-15-17-29(18-16-27)36-23-33(26-44-34-12-5-2-6-13-34)42-38(43-36)31-21-19-28(20-22-31)35-14-8-7-11-32(35)24-39-37(41)30-9-3-1-4-10-30/h1-22,33,36,38,40H,23-26H2,(H,39,41)/t33-,36+,38+/m0/s1. The zero-order valence-corrected chi connectivity index (χ0v) is 25.2. The average Bonchev–Trinajstić information content (AvgIpc) is 3.10. The maximum absolute atomic E-state index is 12.6. The Kier molecular flexibility index (Phi) is 9.85. The van der Waals surface area contributed by atoms with Gasteiger partial charge in [-0.3, -0.25) is 4.79 Å². The molecule has 5 aromatic rings. The monoisotopic (exact) mass is 601 g/mol. The summed E-state index contributed by atoms with van der Waals surface area (Å²) in [5, 5.41) is 12.6. The van der Waals surface area contributed by atoms with Gasteiger partial charge in [0.25, 0.3) is 5.91 Å². The van der Waals surface area contributed by atoms with E-state index in [1.54, 1.807) is 11.8 Å². The fraction of sp³-hybridized carbons (Fsp3) is 0.184. The molecule has 1 aliphatic rings. The zero-order chi connectivity index (χ0) is 30.1. The van der Waals surface area contributed by atoms with E-state index in [0.29, 0.717) is 12.1 Å². The van der Waals surface area contributed by atoms with Gasteiger partial charge in [-0.1, -0.05) is 109 Å². The van der Waals surface area contributed by atoms with E-state index in [1.807, 2.05) is 78.9 Å². The highest BCUT2D eigenvalue weighted by atomic mass is 32.2. The van der Waals surface area contributed by atoms with Crippen molar-refractivity contribution in [2.24, 2.45) is 0 Å². The molecule has 0 unspecified atom stereocenters. The number of carbonyl (C=O) groups is 1. The molecule has 0 bridgehead atoms. The molecule has 1 fully saturated rings. The van der Waals surface area contributed by atoms with Crippen LogP contribution in [0.2, 0.25) is 0 Å². The van der Waals surface area contributed by atoms with Crippen LogP contribution in [0.1, 0.15) is 51.4 Å². The number of hydrogen-bond donors (Lipinski definition) is 2. The minimum absolute atomic E-state index is 0.00453. The summed E-state index contributed by atoms with van der Waals surface area (Å²) in [6.07, 6.45) is 0.100. The minimum Gasteiger partial charge on any atom is -0.392 e. The number of ether oxygens (including phenoxy) is 2. The number of carbonyl (C=O) groups excluding carboxylic acids is 1. The number of nitrogens with one attached hydrogen (secondary N) is 1. The van der Waals surface area contributed by atoms with Gasteiger partial charge >= 0.3 is 0 Å². The molecular weight excluding hydrogens is 566 g/mol.